The third-order valence-corrected chi connectivity index (χ3v) is 6.63. The predicted molar refractivity (Wildman–Crippen MR) is 122 cm³/mol. The van der Waals surface area contributed by atoms with E-state index in [1.165, 1.54) is 27.7 Å². The number of rotatable bonds is 6. The van der Waals surface area contributed by atoms with Crippen LogP contribution in [0.3, 0.4) is 0 Å². The maximum atomic E-state index is 5.45. The molecule has 1 fully saturated rings. The van der Waals surface area contributed by atoms with Crippen LogP contribution in [0.25, 0.3) is 10.9 Å². The van der Waals surface area contributed by atoms with Crippen LogP contribution in [-0.4, -0.2) is 16.6 Å². The van der Waals surface area contributed by atoms with Gasteiger partial charge < -0.3 is 15.6 Å². The summed E-state index contributed by atoms with van der Waals surface area (Å²) in [6.45, 7) is 8.68. The van der Waals surface area contributed by atoms with Crippen molar-refractivity contribution in [1.82, 2.24) is 15.6 Å². The normalized spacial score (nSPS) is 20.1. The van der Waals surface area contributed by atoms with E-state index in [1.54, 1.807) is 0 Å². The molecule has 4 rings (SSSR count). The zero-order chi connectivity index (χ0) is 19.7. The fraction of sp³-hybridized carbons (Fsp3) is 0.375. The van der Waals surface area contributed by atoms with Crippen molar-refractivity contribution in [3.8, 4) is 0 Å². The highest BCUT2D eigenvalue weighted by atomic mass is 32.1. The summed E-state index contributed by atoms with van der Waals surface area (Å²) in [5, 5.41) is 8.81. The Kier molecular flexibility index (Phi) is 5.15. The molecule has 4 heteroatoms. The number of benzene rings is 2. The van der Waals surface area contributed by atoms with Gasteiger partial charge in [0.1, 0.15) is 0 Å². The molecular formula is C24H29N3S. The van der Waals surface area contributed by atoms with E-state index in [2.05, 4.69) is 84.9 Å². The van der Waals surface area contributed by atoms with E-state index >= 15 is 0 Å². The number of hydrogen-bond acceptors (Lipinski definition) is 1. The lowest BCUT2D eigenvalue weighted by atomic mass is 10.0. The highest BCUT2D eigenvalue weighted by Crippen LogP contribution is 2.67. The molecule has 0 amide bonds. The maximum absolute atomic E-state index is 5.45. The highest BCUT2D eigenvalue weighted by molar-refractivity contribution is 7.80. The first kappa shape index (κ1) is 19.0. The summed E-state index contributed by atoms with van der Waals surface area (Å²) in [5.74, 6) is 1.28. The van der Waals surface area contributed by atoms with Gasteiger partial charge in [0.25, 0.3) is 0 Å². The molecule has 146 valence electrons. The number of para-hydroxylation sites is 1. The number of aromatic nitrogens is 1. The second kappa shape index (κ2) is 7.59. The van der Waals surface area contributed by atoms with Crippen molar-refractivity contribution in [2.75, 3.05) is 6.54 Å². The Labute approximate surface area is 172 Å². The smallest absolute Gasteiger partial charge is 0.166 e. The zero-order valence-electron chi connectivity index (χ0n) is 16.9. The van der Waals surface area contributed by atoms with E-state index in [-0.39, 0.29) is 0 Å². The van der Waals surface area contributed by atoms with Crippen LogP contribution in [0.2, 0.25) is 0 Å². The summed E-state index contributed by atoms with van der Waals surface area (Å²) >= 11 is 5.45. The second-order valence-corrected chi connectivity index (χ2v) is 8.91. The van der Waals surface area contributed by atoms with Crippen LogP contribution in [0, 0.1) is 18.3 Å². The number of fused-ring (bicyclic) bond motifs is 1. The number of aryl methyl sites for hydroxylation is 1. The molecule has 0 bridgehead atoms. The predicted octanol–water partition coefficient (Wildman–Crippen LogP) is 5.27. The fourth-order valence-corrected chi connectivity index (χ4v) is 4.91. The molecule has 0 saturated heterocycles. The van der Waals surface area contributed by atoms with Crippen molar-refractivity contribution in [2.45, 2.75) is 39.7 Å². The van der Waals surface area contributed by atoms with Gasteiger partial charge in [-0.05, 0) is 60.0 Å². The average molecular weight is 392 g/mol. The number of nitrogens with one attached hydrogen (secondary N) is 3. The van der Waals surface area contributed by atoms with Gasteiger partial charge >= 0.3 is 0 Å². The molecule has 1 heterocycles. The summed E-state index contributed by atoms with van der Waals surface area (Å²) in [4.78, 5) is 3.57. The van der Waals surface area contributed by atoms with Gasteiger partial charge in [0, 0.05) is 29.7 Å². The molecule has 3 N–H and O–H groups in total. The van der Waals surface area contributed by atoms with E-state index in [0.717, 1.165) is 24.6 Å². The second-order valence-electron chi connectivity index (χ2n) is 8.50. The first-order valence-corrected chi connectivity index (χ1v) is 10.5. The van der Waals surface area contributed by atoms with Crippen LogP contribution in [0.15, 0.2) is 54.6 Å². The Balaban J connectivity index is 1.33. The standard InChI is InChI=1S/C24H29N3S/c1-16-21(18-11-7-8-12-20(18)27-16)22-19(24(22,2)3)13-14-25-23(28)26-15-17-9-5-4-6-10-17/h4-12,19,22,27H,13-15H2,1-3H3,(H2,25,26,28)/t19-,22-/m1/s1. The summed E-state index contributed by atoms with van der Waals surface area (Å²) in [6, 6.07) is 19.0. The van der Waals surface area contributed by atoms with Crippen molar-refractivity contribution in [2.24, 2.45) is 11.3 Å². The SMILES string of the molecule is Cc1[nH]c2ccccc2c1[C@H]1[C@@H](CCNC(=S)NCc2ccccc2)C1(C)C. The number of hydrogen-bond donors (Lipinski definition) is 3. The third-order valence-electron chi connectivity index (χ3n) is 6.34. The van der Waals surface area contributed by atoms with Gasteiger partial charge in [-0.2, -0.15) is 0 Å². The molecule has 3 aromatic rings. The molecule has 3 nitrogen and oxygen atoms in total. The first-order chi connectivity index (χ1) is 13.5. The summed E-state index contributed by atoms with van der Waals surface area (Å²) < 4.78 is 0. The largest absolute Gasteiger partial charge is 0.363 e. The summed E-state index contributed by atoms with van der Waals surface area (Å²) in [7, 11) is 0. The lowest BCUT2D eigenvalue weighted by molar-refractivity contribution is 0.527. The molecule has 2 atom stereocenters. The Morgan fingerprint density at radius 2 is 1.75 bits per heavy atom. The molecule has 1 saturated carbocycles. The monoisotopic (exact) mass is 391 g/mol. The van der Waals surface area contributed by atoms with E-state index in [1.807, 2.05) is 6.07 Å². The van der Waals surface area contributed by atoms with Crippen LogP contribution < -0.4 is 10.6 Å². The van der Waals surface area contributed by atoms with Gasteiger partial charge in [0.2, 0.25) is 0 Å². The van der Waals surface area contributed by atoms with Gasteiger partial charge in [-0.15, -0.1) is 0 Å². The molecule has 0 aliphatic heterocycles. The van der Waals surface area contributed by atoms with E-state index < -0.39 is 0 Å². The first-order valence-electron chi connectivity index (χ1n) is 10.1. The molecule has 1 aliphatic rings. The third kappa shape index (κ3) is 3.66. The Bertz CT molecular complexity index is 974. The molecule has 28 heavy (non-hydrogen) atoms. The van der Waals surface area contributed by atoms with Gasteiger partial charge in [-0.1, -0.05) is 62.4 Å². The minimum atomic E-state index is 0.330. The van der Waals surface area contributed by atoms with Crippen LogP contribution in [0.4, 0.5) is 0 Å². The molecule has 2 aromatic carbocycles. The fourth-order valence-electron chi connectivity index (χ4n) is 4.74. The van der Waals surface area contributed by atoms with E-state index in [9.17, 15) is 0 Å². The van der Waals surface area contributed by atoms with Crippen LogP contribution in [0.1, 0.15) is 43.0 Å². The summed E-state index contributed by atoms with van der Waals surface area (Å²) in [6.07, 6.45) is 1.13. The molecule has 0 unspecified atom stereocenters. The van der Waals surface area contributed by atoms with E-state index in [4.69, 9.17) is 12.2 Å². The Hall–Kier alpha value is -2.33. The Morgan fingerprint density at radius 3 is 2.54 bits per heavy atom. The van der Waals surface area contributed by atoms with Crippen LogP contribution in [-0.2, 0) is 6.54 Å². The van der Waals surface area contributed by atoms with Crippen molar-refractivity contribution in [3.63, 3.8) is 0 Å². The minimum Gasteiger partial charge on any atom is -0.363 e. The minimum absolute atomic E-state index is 0.330. The van der Waals surface area contributed by atoms with Gasteiger partial charge in [-0.3, -0.25) is 0 Å². The summed E-state index contributed by atoms with van der Waals surface area (Å²) in [5.41, 5.74) is 5.65. The lowest BCUT2D eigenvalue weighted by Gasteiger charge is -2.11. The van der Waals surface area contributed by atoms with Crippen molar-refractivity contribution < 1.29 is 0 Å². The molecule has 1 aromatic heterocycles. The quantitative estimate of drug-likeness (QED) is 0.501. The van der Waals surface area contributed by atoms with Gasteiger partial charge in [0.15, 0.2) is 5.11 Å². The van der Waals surface area contributed by atoms with Gasteiger partial charge in [-0.25, -0.2) is 0 Å². The maximum Gasteiger partial charge on any atom is 0.166 e. The number of thiocarbonyl (C=S) groups is 1. The molecule has 0 spiro atoms. The zero-order valence-corrected chi connectivity index (χ0v) is 17.7. The van der Waals surface area contributed by atoms with Crippen molar-refractivity contribution >= 4 is 28.2 Å². The Morgan fingerprint density at radius 1 is 1.04 bits per heavy atom. The number of aromatic amines is 1. The van der Waals surface area contributed by atoms with Crippen molar-refractivity contribution in [3.05, 3.63) is 71.4 Å². The lowest BCUT2D eigenvalue weighted by Crippen LogP contribution is -2.35. The highest BCUT2D eigenvalue weighted by Gasteiger charge is 2.58. The van der Waals surface area contributed by atoms with Gasteiger partial charge in [0.05, 0.1) is 0 Å². The average Bonchev–Trinajstić information content (AvgIpc) is 3.05. The van der Waals surface area contributed by atoms with E-state index in [0.29, 0.717) is 17.3 Å². The van der Waals surface area contributed by atoms with Crippen molar-refractivity contribution in [1.29, 1.82) is 0 Å². The topological polar surface area (TPSA) is 39.9 Å². The molecular weight excluding hydrogens is 362 g/mol. The van der Waals surface area contributed by atoms with Crippen LogP contribution >= 0.6 is 12.2 Å². The molecule has 1 aliphatic carbocycles. The molecule has 0 radical (unpaired) electrons. The van der Waals surface area contributed by atoms with Crippen LogP contribution in [0.5, 0.6) is 0 Å². The number of H-pyrrole nitrogens is 1.